The Morgan fingerprint density at radius 1 is 1.09 bits per heavy atom. The molecule has 5 heteroatoms. The molecule has 2 heterocycles. The number of fused-ring (bicyclic) bond motifs is 2. The number of anilines is 1. The Morgan fingerprint density at radius 3 is 2.95 bits per heavy atom. The van der Waals surface area contributed by atoms with Crippen molar-refractivity contribution in [3.05, 3.63) is 53.4 Å². The zero-order valence-electron chi connectivity index (χ0n) is 11.7. The second-order valence-electron chi connectivity index (χ2n) is 5.09. The van der Waals surface area contributed by atoms with E-state index < -0.39 is 0 Å². The Bertz CT molecular complexity index is 856. The van der Waals surface area contributed by atoms with Crippen LogP contribution in [0, 0.1) is 0 Å². The number of nitrogens with one attached hydrogen (secondary N) is 1. The van der Waals surface area contributed by atoms with E-state index in [4.69, 9.17) is 9.47 Å². The van der Waals surface area contributed by atoms with Gasteiger partial charge in [-0.25, -0.2) is 0 Å². The van der Waals surface area contributed by atoms with Gasteiger partial charge in [-0.15, -0.1) is 11.3 Å². The number of hydrogen-bond donors (Lipinski definition) is 1. The second kappa shape index (κ2) is 5.35. The van der Waals surface area contributed by atoms with Crippen LogP contribution in [0.15, 0.2) is 47.8 Å². The molecule has 1 aliphatic heterocycles. The van der Waals surface area contributed by atoms with Gasteiger partial charge in [0.2, 0.25) is 12.7 Å². The Balaban J connectivity index is 1.47. The molecular formula is C17H13NO3S. The van der Waals surface area contributed by atoms with Crippen molar-refractivity contribution < 1.29 is 14.3 Å². The highest BCUT2D eigenvalue weighted by molar-refractivity contribution is 7.17. The number of amides is 1. The summed E-state index contributed by atoms with van der Waals surface area (Å²) in [5.41, 5.74) is 1.72. The van der Waals surface area contributed by atoms with E-state index in [1.54, 1.807) is 11.3 Å². The molecule has 1 aliphatic rings. The van der Waals surface area contributed by atoms with Crippen LogP contribution in [-0.2, 0) is 11.2 Å². The molecule has 3 aromatic rings. The highest BCUT2D eigenvalue weighted by Gasteiger charge is 2.14. The molecule has 2 aromatic carbocycles. The zero-order valence-corrected chi connectivity index (χ0v) is 12.5. The minimum absolute atomic E-state index is 0.0477. The minimum atomic E-state index is -0.0477. The summed E-state index contributed by atoms with van der Waals surface area (Å²) in [6, 6.07) is 13.6. The maximum Gasteiger partial charge on any atom is 0.231 e. The lowest BCUT2D eigenvalue weighted by Crippen LogP contribution is -2.14. The lowest BCUT2D eigenvalue weighted by Gasteiger charge is -2.06. The molecule has 0 fully saturated rings. The number of thiophene rings is 1. The van der Waals surface area contributed by atoms with Crippen LogP contribution in [-0.4, -0.2) is 12.7 Å². The van der Waals surface area contributed by atoms with Crippen LogP contribution in [0.4, 0.5) is 5.69 Å². The van der Waals surface area contributed by atoms with E-state index in [1.807, 2.05) is 47.8 Å². The first-order valence-electron chi connectivity index (χ1n) is 6.93. The molecule has 0 saturated heterocycles. The molecule has 0 atom stereocenters. The number of rotatable bonds is 3. The van der Waals surface area contributed by atoms with Gasteiger partial charge in [0.15, 0.2) is 11.5 Å². The smallest absolute Gasteiger partial charge is 0.231 e. The third-order valence-corrected chi connectivity index (χ3v) is 4.44. The standard InChI is InChI=1S/C17H13NO3S/c19-17(8-11-1-3-14-15(7-11)21-10-20-14)18-13-2-4-16-12(9-13)5-6-22-16/h1-7,9H,8,10H2,(H,18,19). The number of carbonyl (C=O) groups excluding carboxylic acids is 1. The zero-order chi connectivity index (χ0) is 14.9. The fourth-order valence-corrected chi connectivity index (χ4v) is 3.26. The SMILES string of the molecule is O=C(Cc1ccc2c(c1)OCO2)Nc1ccc2sccc2c1. The van der Waals surface area contributed by atoms with Crippen molar-refractivity contribution in [1.82, 2.24) is 0 Å². The average Bonchev–Trinajstić information content (AvgIpc) is 3.14. The van der Waals surface area contributed by atoms with Gasteiger partial charge >= 0.3 is 0 Å². The summed E-state index contributed by atoms with van der Waals surface area (Å²) in [7, 11) is 0. The van der Waals surface area contributed by atoms with E-state index in [-0.39, 0.29) is 12.7 Å². The second-order valence-corrected chi connectivity index (χ2v) is 6.03. The Kier molecular flexibility index (Phi) is 3.20. The molecule has 0 spiro atoms. The number of hydrogen-bond acceptors (Lipinski definition) is 4. The van der Waals surface area contributed by atoms with Gasteiger partial charge in [0.1, 0.15) is 0 Å². The van der Waals surface area contributed by atoms with Gasteiger partial charge in [0.05, 0.1) is 6.42 Å². The van der Waals surface area contributed by atoms with Crippen LogP contribution < -0.4 is 14.8 Å². The van der Waals surface area contributed by atoms with Gasteiger partial charge in [0.25, 0.3) is 0 Å². The molecule has 4 nitrogen and oxygen atoms in total. The van der Waals surface area contributed by atoms with Crippen molar-refractivity contribution in [2.75, 3.05) is 12.1 Å². The molecule has 1 N–H and O–H groups in total. The van der Waals surface area contributed by atoms with Crippen molar-refractivity contribution in [3.8, 4) is 11.5 Å². The first kappa shape index (κ1) is 13.2. The highest BCUT2D eigenvalue weighted by Crippen LogP contribution is 2.32. The lowest BCUT2D eigenvalue weighted by atomic mass is 10.1. The summed E-state index contributed by atoms with van der Waals surface area (Å²) in [4.78, 5) is 12.2. The molecule has 0 radical (unpaired) electrons. The summed E-state index contributed by atoms with van der Waals surface area (Å²) in [5.74, 6) is 1.38. The third kappa shape index (κ3) is 2.51. The third-order valence-electron chi connectivity index (χ3n) is 3.54. The van der Waals surface area contributed by atoms with Crippen molar-refractivity contribution in [3.63, 3.8) is 0 Å². The molecule has 0 unspecified atom stereocenters. The predicted octanol–water partition coefficient (Wildman–Crippen LogP) is 3.81. The Hall–Kier alpha value is -2.53. The molecule has 1 amide bonds. The van der Waals surface area contributed by atoms with Crippen molar-refractivity contribution in [2.45, 2.75) is 6.42 Å². The van der Waals surface area contributed by atoms with E-state index in [1.165, 1.54) is 4.70 Å². The number of ether oxygens (including phenoxy) is 2. The van der Waals surface area contributed by atoms with E-state index in [0.717, 1.165) is 22.4 Å². The van der Waals surface area contributed by atoms with Crippen LogP contribution in [0.2, 0.25) is 0 Å². The van der Waals surface area contributed by atoms with Gasteiger partial charge in [-0.3, -0.25) is 4.79 Å². The maximum atomic E-state index is 12.2. The van der Waals surface area contributed by atoms with E-state index >= 15 is 0 Å². The Morgan fingerprint density at radius 2 is 2.00 bits per heavy atom. The van der Waals surface area contributed by atoms with E-state index in [2.05, 4.69) is 5.32 Å². The fourth-order valence-electron chi connectivity index (χ4n) is 2.49. The monoisotopic (exact) mass is 311 g/mol. The molecule has 0 aliphatic carbocycles. The molecule has 110 valence electrons. The van der Waals surface area contributed by atoms with E-state index in [0.29, 0.717) is 12.2 Å². The fraction of sp³-hybridized carbons (Fsp3) is 0.118. The molecule has 1 aromatic heterocycles. The summed E-state index contributed by atoms with van der Waals surface area (Å²) in [6.07, 6.45) is 0.304. The van der Waals surface area contributed by atoms with Crippen LogP contribution in [0.3, 0.4) is 0 Å². The van der Waals surface area contributed by atoms with E-state index in [9.17, 15) is 4.79 Å². The summed E-state index contributed by atoms with van der Waals surface area (Å²) < 4.78 is 11.8. The molecule has 4 rings (SSSR count). The topological polar surface area (TPSA) is 47.6 Å². The van der Waals surface area contributed by atoms with Gasteiger partial charge in [-0.1, -0.05) is 6.07 Å². The summed E-state index contributed by atoms with van der Waals surface area (Å²) in [6.45, 7) is 0.242. The van der Waals surface area contributed by atoms with Crippen molar-refractivity contribution in [2.24, 2.45) is 0 Å². The number of benzene rings is 2. The Labute approximate surface area is 131 Å². The molecule has 0 bridgehead atoms. The average molecular weight is 311 g/mol. The van der Waals surface area contributed by atoms with Gasteiger partial charge in [-0.05, 0) is 52.7 Å². The van der Waals surface area contributed by atoms with Crippen LogP contribution >= 0.6 is 11.3 Å². The van der Waals surface area contributed by atoms with Crippen molar-refractivity contribution >= 4 is 33.0 Å². The van der Waals surface area contributed by atoms with Crippen molar-refractivity contribution in [1.29, 1.82) is 0 Å². The van der Waals surface area contributed by atoms with Crippen LogP contribution in [0.25, 0.3) is 10.1 Å². The van der Waals surface area contributed by atoms with Crippen LogP contribution in [0.1, 0.15) is 5.56 Å². The largest absolute Gasteiger partial charge is 0.454 e. The molecule has 0 saturated carbocycles. The molecule has 22 heavy (non-hydrogen) atoms. The first-order chi connectivity index (χ1) is 10.8. The van der Waals surface area contributed by atoms with Crippen LogP contribution in [0.5, 0.6) is 11.5 Å². The minimum Gasteiger partial charge on any atom is -0.454 e. The van der Waals surface area contributed by atoms with Gasteiger partial charge < -0.3 is 14.8 Å². The maximum absolute atomic E-state index is 12.2. The lowest BCUT2D eigenvalue weighted by molar-refractivity contribution is -0.115. The quantitative estimate of drug-likeness (QED) is 0.800. The molecular weight excluding hydrogens is 298 g/mol. The first-order valence-corrected chi connectivity index (χ1v) is 7.81. The normalized spacial score (nSPS) is 12.5. The predicted molar refractivity (Wildman–Crippen MR) is 86.7 cm³/mol. The summed E-state index contributed by atoms with van der Waals surface area (Å²) >= 11 is 1.69. The number of carbonyl (C=O) groups is 1. The highest BCUT2D eigenvalue weighted by atomic mass is 32.1. The van der Waals surface area contributed by atoms with Gasteiger partial charge in [-0.2, -0.15) is 0 Å². The summed E-state index contributed by atoms with van der Waals surface area (Å²) in [5, 5.41) is 6.12. The van der Waals surface area contributed by atoms with Gasteiger partial charge in [0, 0.05) is 10.4 Å².